The van der Waals surface area contributed by atoms with E-state index in [9.17, 15) is 4.79 Å². The van der Waals surface area contributed by atoms with Crippen molar-refractivity contribution in [2.24, 2.45) is 5.73 Å². The van der Waals surface area contributed by atoms with Gasteiger partial charge in [-0.15, -0.1) is 0 Å². The van der Waals surface area contributed by atoms with E-state index in [0.29, 0.717) is 5.56 Å². The van der Waals surface area contributed by atoms with E-state index in [1.165, 1.54) is 5.56 Å². The summed E-state index contributed by atoms with van der Waals surface area (Å²) in [5, 5.41) is 0. The molecule has 0 radical (unpaired) electrons. The molecular formula is C18H20N2O2. The van der Waals surface area contributed by atoms with Crippen LogP contribution >= 0.6 is 0 Å². The molecule has 4 nitrogen and oxygen atoms in total. The molecule has 1 aliphatic rings. The summed E-state index contributed by atoms with van der Waals surface area (Å²) in [6, 6.07) is 15.8. The molecule has 2 aromatic rings. The van der Waals surface area contributed by atoms with E-state index in [4.69, 9.17) is 10.5 Å². The van der Waals surface area contributed by atoms with Gasteiger partial charge in [-0.2, -0.15) is 0 Å². The average Bonchev–Trinajstić information content (AvgIpc) is 2.56. The molecule has 114 valence electrons. The third kappa shape index (κ3) is 3.35. The molecule has 0 aliphatic carbocycles. The SMILES string of the molecule is NC(=O)c1ccccc1-c1cccc(CN2CCOCC2)c1. The predicted molar refractivity (Wildman–Crippen MR) is 86.5 cm³/mol. The van der Waals surface area contributed by atoms with Gasteiger partial charge in [-0.05, 0) is 28.8 Å². The summed E-state index contributed by atoms with van der Waals surface area (Å²) >= 11 is 0. The lowest BCUT2D eigenvalue weighted by Gasteiger charge is -2.26. The molecule has 1 fully saturated rings. The molecule has 22 heavy (non-hydrogen) atoms. The monoisotopic (exact) mass is 296 g/mol. The van der Waals surface area contributed by atoms with Crippen molar-refractivity contribution in [3.63, 3.8) is 0 Å². The highest BCUT2D eigenvalue weighted by Gasteiger charge is 2.12. The third-order valence-corrected chi connectivity index (χ3v) is 3.94. The second-order valence-corrected chi connectivity index (χ2v) is 5.50. The molecule has 3 rings (SSSR count). The van der Waals surface area contributed by atoms with Crippen LogP contribution in [0.15, 0.2) is 48.5 Å². The fourth-order valence-electron chi connectivity index (χ4n) is 2.80. The summed E-state index contributed by atoms with van der Waals surface area (Å²) in [4.78, 5) is 14.0. The molecule has 2 N–H and O–H groups in total. The van der Waals surface area contributed by atoms with Crippen LogP contribution in [-0.2, 0) is 11.3 Å². The molecule has 1 heterocycles. The van der Waals surface area contributed by atoms with Crippen LogP contribution in [-0.4, -0.2) is 37.1 Å². The number of ether oxygens (including phenoxy) is 1. The number of carbonyl (C=O) groups excluding carboxylic acids is 1. The first-order valence-electron chi connectivity index (χ1n) is 7.52. The van der Waals surface area contributed by atoms with Gasteiger partial charge in [0.15, 0.2) is 0 Å². The van der Waals surface area contributed by atoms with E-state index < -0.39 is 5.91 Å². The van der Waals surface area contributed by atoms with Crippen molar-refractivity contribution in [2.75, 3.05) is 26.3 Å². The van der Waals surface area contributed by atoms with Crippen molar-refractivity contribution >= 4 is 5.91 Å². The summed E-state index contributed by atoms with van der Waals surface area (Å²) in [6.07, 6.45) is 0. The summed E-state index contributed by atoms with van der Waals surface area (Å²) in [7, 11) is 0. The van der Waals surface area contributed by atoms with Crippen LogP contribution in [0.4, 0.5) is 0 Å². The van der Waals surface area contributed by atoms with Crippen LogP contribution in [0.1, 0.15) is 15.9 Å². The molecule has 0 atom stereocenters. The summed E-state index contributed by atoms with van der Waals surface area (Å²) in [6.45, 7) is 4.41. The standard InChI is InChI=1S/C18H20N2O2/c19-18(21)17-7-2-1-6-16(17)15-5-3-4-14(12-15)13-20-8-10-22-11-9-20/h1-7,12H,8-11,13H2,(H2,19,21). The average molecular weight is 296 g/mol. The number of carbonyl (C=O) groups is 1. The van der Waals surface area contributed by atoms with E-state index in [1.54, 1.807) is 6.07 Å². The van der Waals surface area contributed by atoms with Gasteiger partial charge in [0.2, 0.25) is 5.91 Å². The Kier molecular flexibility index (Phi) is 4.51. The zero-order valence-electron chi connectivity index (χ0n) is 12.5. The number of morpholine rings is 1. The lowest BCUT2D eigenvalue weighted by atomic mass is 9.97. The number of rotatable bonds is 4. The maximum atomic E-state index is 11.6. The summed E-state index contributed by atoms with van der Waals surface area (Å²) in [5.41, 5.74) is 9.19. The normalized spacial score (nSPS) is 15.6. The minimum absolute atomic E-state index is 0.394. The minimum atomic E-state index is -0.394. The van der Waals surface area contributed by atoms with Gasteiger partial charge in [0.05, 0.1) is 13.2 Å². The number of hydrogen-bond donors (Lipinski definition) is 1. The molecule has 0 spiro atoms. The highest BCUT2D eigenvalue weighted by molar-refractivity contribution is 5.99. The molecule has 1 amide bonds. The number of nitrogens with two attached hydrogens (primary N) is 1. The first-order valence-corrected chi connectivity index (χ1v) is 7.52. The molecule has 1 saturated heterocycles. The Bertz CT molecular complexity index is 664. The van der Waals surface area contributed by atoms with E-state index in [-0.39, 0.29) is 0 Å². The summed E-state index contributed by atoms with van der Waals surface area (Å²) < 4.78 is 5.38. The van der Waals surface area contributed by atoms with Gasteiger partial charge in [-0.1, -0.05) is 36.4 Å². The van der Waals surface area contributed by atoms with Gasteiger partial charge in [-0.3, -0.25) is 9.69 Å². The lowest BCUT2D eigenvalue weighted by Crippen LogP contribution is -2.35. The van der Waals surface area contributed by atoms with Crippen LogP contribution in [0, 0.1) is 0 Å². The highest BCUT2D eigenvalue weighted by atomic mass is 16.5. The molecule has 0 bridgehead atoms. The topological polar surface area (TPSA) is 55.6 Å². The maximum absolute atomic E-state index is 11.6. The van der Waals surface area contributed by atoms with Gasteiger partial charge in [0, 0.05) is 25.2 Å². The van der Waals surface area contributed by atoms with Crippen LogP contribution in [0.2, 0.25) is 0 Å². The van der Waals surface area contributed by atoms with Gasteiger partial charge in [-0.25, -0.2) is 0 Å². The largest absolute Gasteiger partial charge is 0.379 e. The zero-order valence-corrected chi connectivity index (χ0v) is 12.5. The Balaban J connectivity index is 1.86. The number of benzene rings is 2. The molecule has 0 aromatic heterocycles. The number of primary amides is 1. The van der Waals surface area contributed by atoms with E-state index >= 15 is 0 Å². The first-order chi connectivity index (χ1) is 10.7. The number of hydrogen-bond acceptors (Lipinski definition) is 3. The fourth-order valence-corrected chi connectivity index (χ4v) is 2.80. The van der Waals surface area contributed by atoms with Crippen LogP contribution in [0.5, 0.6) is 0 Å². The molecule has 2 aromatic carbocycles. The highest BCUT2D eigenvalue weighted by Crippen LogP contribution is 2.24. The molecule has 1 aliphatic heterocycles. The van der Waals surface area contributed by atoms with Crippen molar-refractivity contribution in [1.82, 2.24) is 4.90 Å². The Morgan fingerprint density at radius 1 is 1.09 bits per heavy atom. The second kappa shape index (κ2) is 6.73. The Hall–Kier alpha value is -2.17. The Labute approximate surface area is 130 Å². The molecule has 0 saturated carbocycles. The van der Waals surface area contributed by atoms with Crippen LogP contribution < -0.4 is 5.73 Å². The van der Waals surface area contributed by atoms with Crippen LogP contribution in [0.25, 0.3) is 11.1 Å². The van der Waals surface area contributed by atoms with E-state index in [2.05, 4.69) is 17.0 Å². The van der Waals surface area contributed by atoms with Crippen molar-refractivity contribution in [2.45, 2.75) is 6.54 Å². The molecule has 4 heteroatoms. The lowest BCUT2D eigenvalue weighted by molar-refractivity contribution is 0.0342. The number of amides is 1. The zero-order chi connectivity index (χ0) is 15.4. The minimum Gasteiger partial charge on any atom is -0.379 e. The van der Waals surface area contributed by atoms with E-state index in [1.807, 2.05) is 30.3 Å². The maximum Gasteiger partial charge on any atom is 0.249 e. The Morgan fingerprint density at radius 2 is 1.86 bits per heavy atom. The van der Waals surface area contributed by atoms with Crippen molar-refractivity contribution in [3.8, 4) is 11.1 Å². The molecular weight excluding hydrogens is 276 g/mol. The van der Waals surface area contributed by atoms with E-state index in [0.717, 1.165) is 44.0 Å². The Morgan fingerprint density at radius 3 is 2.64 bits per heavy atom. The first kappa shape index (κ1) is 14.8. The van der Waals surface area contributed by atoms with Gasteiger partial charge >= 0.3 is 0 Å². The van der Waals surface area contributed by atoms with Gasteiger partial charge < -0.3 is 10.5 Å². The predicted octanol–water partition coefficient (Wildman–Crippen LogP) is 2.28. The van der Waals surface area contributed by atoms with Gasteiger partial charge in [0.25, 0.3) is 0 Å². The quantitative estimate of drug-likeness (QED) is 0.941. The fraction of sp³-hybridized carbons (Fsp3) is 0.278. The smallest absolute Gasteiger partial charge is 0.249 e. The second-order valence-electron chi connectivity index (χ2n) is 5.50. The van der Waals surface area contributed by atoms with Gasteiger partial charge in [0.1, 0.15) is 0 Å². The van der Waals surface area contributed by atoms with Crippen molar-refractivity contribution in [1.29, 1.82) is 0 Å². The molecule has 0 unspecified atom stereocenters. The third-order valence-electron chi connectivity index (χ3n) is 3.94. The van der Waals surface area contributed by atoms with Crippen molar-refractivity contribution < 1.29 is 9.53 Å². The van der Waals surface area contributed by atoms with Crippen molar-refractivity contribution in [3.05, 3.63) is 59.7 Å². The summed E-state index contributed by atoms with van der Waals surface area (Å²) in [5.74, 6) is -0.394. The number of nitrogens with zero attached hydrogens (tertiary/aromatic N) is 1. The van der Waals surface area contributed by atoms with Crippen LogP contribution in [0.3, 0.4) is 0 Å².